The van der Waals surface area contributed by atoms with Crippen molar-refractivity contribution >= 4 is 18.1 Å². The maximum Gasteiger partial charge on any atom is 0.365 e. The number of rotatable bonds is 4. The molecule has 0 fully saturated rings. The first-order chi connectivity index (χ1) is 10.0. The largest absolute Gasteiger partial charge is 0.491 e. The summed E-state index contributed by atoms with van der Waals surface area (Å²) in [6.45, 7) is 7.52. The predicted molar refractivity (Wildman–Crippen MR) is 79.8 cm³/mol. The predicted octanol–water partition coefficient (Wildman–Crippen LogP) is 2.90. The number of hydrogen-bond donors (Lipinski definition) is 1. The van der Waals surface area contributed by atoms with Crippen LogP contribution in [0.5, 0.6) is 5.75 Å². The maximum absolute atomic E-state index is 11.0. The smallest absolute Gasteiger partial charge is 0.365 e. The maximum atomic E-state index is 11.0. The molecule has 2 rings (SSSR count). The van der Waals surface area contributed by atoms with E-state index in [-0.39, 0.29) is 17.6 Å². The van der Waals surface area contributed by atoms with Crippen LogP contribution in [0.4, 0.5) is 4.79 Å². The van der Waals surface area contributed by atoms with Crippen LogP contribution >= 0.6 is 0 Å². The van der Waals surface area contributed by atoms with E-state index in [0.29, 0.717) is 0 Å². The van der Waals surface area contributed by atoms with Gasteiger partial charge in [0.15, 0.2) is 5.84 Å². The van der Waals surface area contributed by atoms with Gasteiger partial charge in [-0.1, -0.05) is 23.8 Å². The van der Waals surface area contributed by atoms with Gasteiger partial charge in [-0.05, 0) is 31.5 Å². The van der Waals surface area contributed by atoms with Crippen molar-refractivity contribution in [3.63, 3.8) is 0 Å². The van der Waals surface area contributed by atoms with Gasteiger partial charge in [-0.25, -0.2) is 4.79 Å². The van der Waals surface area contributed by atoms with Crippen LogP contribution in [0.15, 0.2) is 57.0 Å². The number of amidine groups is 1. The van der Waals surface area contributed by atoms with Gasteiger partial charge in [0.1, 0.15) is 11.4 Å². The van der Waals surface area contributed by atoms with Gasteiger partial charge in [0.2, 0.25) is 0 Å². The average Bonchev–Trinajstić information content (AvgIpc) is 2.42. The fourth-order valence-corrected chi connectivity index (χ4v) is 1.53. The van der Waals surface area contributed by atoms with E-state index in [2.05, 4.69) is 32.3 Å². The number of hydrogen-bond acceptors (Lipinski definition) is 5. The highest BCUT2D eigenvalue weighted by Gasteiger charge is 2.13. The van der Waals surface area contributed by atoms with Crippen LogP contribution in [0.2, 0.25) is 0 Å². The lowest BCUT2D eigenvalue weighted by Gasteiger charge is -2.09. The Morgan fingerprint density at radius 2 is 2.19 bits per heavy atom. The molecule has 0 radical (unpaired) electrons. The molecule has 108 valence electrons. The molecule has 2 amide bonds. The SMILES string of the molecule is C=C1N=NC(=O)N/C1=N/N=C/c1cccc(OC(C)C)c1. The lowest BCUT2D eigenvalue weighted by Crippen LogP contribution is -2.31. The number of nitrogens with one attached hydrogen (secondary N) is 1. The third-order valence-electron chi connectivity index (χ3n) is 2.35. The first-order valence-electron chi connectivity index (χ1n) is 6.34. The summed E-state index contributed by atoms with van der Waals surface area (Å²) < 4.78 is 5.59. The van der Waals surface area contributed by atoms with Crippen molar-refractivity contribution in [2.24, 2.45) is 20.4 Å². The molecule has 1 aromatic rings. The van der Waals surface area contributed by atoms with E-state index < -0.39 is 6.03 Å². The van der Waals surface area contributed by atoms with E-state index >= 15 is 0 Å². The second-order valence-corrected chi connectivity index (χ2v) is 4.51. The molecular weight excluding hydrogens is 270 g/mol. The summed E-state index contributed by atoms with van der Waals surface area (Å²) >= 11 is 0. The number of benzene rings is 1. The Balaban J connectivity index is 2.09. The zero-order valence-electron chi connectivity index (χ0n) is 11.8. The molecule has 1 aromatic carbocycles. The third kappa shape index (κ3) is 4.34. The summed E-state index contributed by atoms with van der Waals surface area (Å²) in [6, 6.07) is 6.85. The molecule has 0 spiro atoms. The highest BCUT2D eigenvalue weighted by molar-refractivity contribution is 6.08. The van der Waals surface area contributed by atoms with Gasteiger partial charge in [-0.2, -0.15) is 5.10 Å². The first-order valence-corrected chi connectivity index (χ1v) is 6.34. The van der Waals surface area contributed by atoms with Gasteiger partial charge in [-0.3, -0.25) is 5.32 Å². The van der Waals surface area contributed by atoms with E-state index in [1.165, 1.54) is 0 Å². The minimum atomic E-state index is -0.594. The molecule has 0 atom stereocenters. The van der Waals surface area contributed by atoms with Crippen molar-refractivity contribution in [3.8, 4) is 5.75 Å². The van der Waals surface area contributed by atoms with Crippen molar-refractivity contribution in [2.75, 3.05) is 0 Å². The van der Waals surface area contributed by atoms with Gasteiger partial charge in [0, 0.05) is 0 Å². The Bertz CT molecular complexity index is 647. The molecule has 0 saturated carbocycles. The molecule has 0 bridgehead atoms. The van der Waals surface area contributed by atoms with Gasteiger partial charge < -0.3 is 4.74 Å². The normalized spacial score (nSPS) is 16.8. The molecule has 1 heterocycles. The van der Waals surface area contributed by atoms with Crippen molar-refractivity contribution < 1.29 is 9.53 Å². The van der Waals surface area contributed by atoms with E-state index in [1.54, 1.807) is 6.21 Å². The highest BCUT2D eigenvalue weighted by Crippen LogP contribution is 2.13. The third-order valence-corrected chi connectivity index (χ3v) is 2.35. The average molecular weight is 285 g/mol. The summed E-state index contributed by atoms with van der Waals surface area (Å²) in [7, 11) is 0. The number of azo groups is 1. The van der Waals surface area contributed by atoms with Gasteiger partial charge in [-0.15, -0.1) is 10.2 Å². The van der Waals surface area contributed by atoms with E-state index in [0.717, 1.165) is 11.3 Å². The number of carbonyl (C=O) groups excluding carboxylic acids is 1. The summed E-state index contributed by atoms with van der Waals surface area (Å²) in [6.07, 6.45) is 1.65. The Labute approximate surface area is 122 Å². The van der Waals surface area contributed by atoms with Crippen LogP contribution in [0.3, 0.4) is 0 Å². The lowest BCUT2D eigenvalue weighted by molar-refractivity contribution is 0.242. The van der Waals surface area contributed by atoms with Crippen molar-refractivity contribution in [1.29, 1.82) is 0 Å². The minimum Gasteiger partial charge on any atom is -0.491 e. The zero-order chi connectivity index (χ0) is 15.2. The molecule has 0 saturated heterocycles. The Hall–Kier alpha value is -2.83. The van der Waals surface area contributed by atoms with Gasteiger partial charge in [0.05, 0.1) is 12.3 Å². The number of carbonyl (C=O) groups is 1. The van der Waals surface area contributed by atoms with E-state index in [9.17, 15) is 4.79 Å². The zero-order valence-corrected chi connectivity index (χ0v) is 11.8. The van der Waals surface area contributed by atoms with E-state index in [4.69, 9.17) is 4.74 Å². The molecule has 7 heteroatoms. The van der Waals surface area contributed by atoms with Crippen LogP contribution in [0, 0.1) is 0 Å². The Morgan fingerprint density at radius 3 is 2.95 bits per heavy atom. The highest BCUT2D eigenvalue weighted by atomic mass is 16.5. The summed E-state index contributed by atoms with van der Waals surface area (Å²) in [5, 5.41) is 17.0. The van der Waals surface area contributed by atoms with Crippen LogP contribution in [0.25, 0.3) is 0 Å². The van der Waals surface area contributed by atoms with Crippen molar-refractivity contribution in [2.45, 2.75) is 20.0 Å². The van der Waals surface area contributed by atoms with Gasteiger partial charge in [0.25, 0.3) is 0 Å². The van der Waals surface area contributed by atoms with Crippen LogP contribution < -0.4 is 10.1 Å². The van der Waals surface area contributed by atoms with E-state index in [1.807, 2.05) is 38.1 Å². The van der Waals surface area contributed by atoms with Crippen molar-refractivity contribution in [3.05, 3.63) is 42.1 Å². The van der Waals surface area contributed by atoms with Crippen LogP contribution in [-0.4, -0.2) is 24.2 Å². The topological polar surface area (TPSA) is 87.8 Å². The molecule has 0 aliphatic carbocycles. The Morgan fingerprint density at radius 1 is 1.38 bits per heavy atom. The number of ether oxygens (including phenoxy) is 1. The standard InChI is InChI=1S/C14H15N5O2/c1-9(2)21-12-6-4-5-11(7-12)8-15-18-13-10(3)17-19-14(20)16-13/h4-9H,3H2,1-2H3,(H,16,18,20)/b15-8+. The van der Waals surface area contributed by atoms with Crippen LogP contribution in [0.1, 0.15) is 19.4 Å². The summed E-state index contributed by atoms with van der Waals surface area (Å²) in [5.74, 6) is 0.937. The lowest BCUT2D eigenvalue weighted by atomic mass is 10.2. The second-order valence-electron chi connectivity index (χ2n) is 4.51. The molecular formula is C14H15N5O2. The minimum absolute atomic E-state index is 0.101. The van der Waals surface area contributed by atoms with Crippen molar-refractivity contribution in [1.82, 2.24) is 5.32 Å². The summed E-state index contributed by atoms with van der Waals surface area (Å²) in [4.78, 5) is 11.0. The fraction of sp³-hybridized carbons (Fsp3) is 0.214. The second kappa shape index (κ2) is 6.56. The number of amides is 2. The molecule has 7 nitrogen and oxygen atoms in total. The molecule has 21 heavy (non-hydrogen) atoms. The Kier molecular flexibility index (Phi) is 4.55. The first kappa shape index (κ1) is 14.6. The molecule has 1 aliphatic rings. The molecule has 0 aromatic heterocycles. The van der Waals surface area contributed by atoms with Crippen LogP contribution in [-0.2, 0) is 0 Å². The molecule has 1 aliphatic heterocycles. The summed E-state index contributed by atoms with van der Waals surface area (Å²) in [5.41, 5.74) is 1.08. The monoisotopic (exact) mass is 285 g/mol. The molecule has 1 N–H and O–H groups in total. The quantitative estimate of drug-likeness (QED) is 0.681. The fourth-order valence-electron chi connectivity index (χ4n) is 1.53. The number of urea groups is 1. The molecule has 0 unspecified atom stereocenters. The van der Waals surface area contributed by atoms with Gasteiger partial charge >= 0.3 is 6.03 Å². The number of nitrogens with zero attached hydrogens (tertiary/aromatic N) is 4.